The maximum absolute atomic E-state index is 4.00. The number of anilines is 1. The van der Waals surface area contributed by atoms with E-state index < -0.39 is 16.3 Å². The van der Waals surface area contributed by atoms with Gasteiger partial charge < -0.3 is 4.57 Å². The molecular formula is C15H27NSi2. The largest absolute Gasteiger partial charge is 0.398 e. The summed E-state index contributed by atoms with van der Waals surface area (Å²) in [7, 11) is -2.53. The molecule has 0 aliphatic heterocycles. The lowest BCUT2D eigenvalue weighted by atomic mass is 10.3. The lowest BCUT2D eigenvalue weighted by molar-refractivity contribution is 1.03. The second-order valence-electron chi connectivity index (χ2n) is 6.60. The molecule has 0 radical (unpaired) electrons. The van der Waals surface area contributed by atoms with Crippen LogP contribution in [-0.2, 0) is 0 Å². The van der Waals surface area contributed by atoms with Crippen LogP contribution in [0.4, 0.5) is 5.69 Å². The van der Waals surface area contributed by atoms with Gasteiger partial charge in [-0.1, -0.05) is 50.9 Å². The minimum atomic E-state index is -1.32. The van der Waals surface area contributed by atoms with Crippen LogP contribution in [0.25, 0.3) is 0 Å². The summed E-state index contributed by atoms with van der Waals surface area (Å²) in [5, 5.41) is 0. The highest BCUT2D eigenvalue weighted by molar-refractivity contribution is 6.83. The fraction of sp³-hybridized carbons (Fsp3) is 0.467. The Kier molecular flexibility index (Phi) is 4.99. The SMILES string of the molecule is C=C[Si](C)(C)CCN(c1ccccc1)[Si](C)(C)C. The van der Waals surface area contributed by atoms with Gasteiger partial charge in [0, 0.05) is 12.2 Å². The van der Waals surface area contributed by atoms with Gasteiger partial charge in [-0.25, -0.2) is 0 Å². The first-order chi connectivity index (χ1) is 8.26. The normalized spacial score (nSPS) is 12.3. The molecule has 0 aromatic heterocycles. The number of nitrogens with zero attached hydrogens (tertiary/aromatic N) is 1. The zero-order valence-electron chi connectivity index (χ0n) is 12.5. The van der Waals surface area contributed by atoms with Crippen LogP contribution in [-0.4, -0.2) is 22.9 Å². The van der Waals surface area contributed by atoms with Crippen molar-refractivity contribution in [1.82, 2.24) is 0 Å². The van der Waals surface area contributed by atoms with E-state index in [1.807, 2.05) is 0 Å². The number of rotatable bonds is 6. The zero-order chi connectivity index (χ0) is 13.8. The van der Waals surface area contributed by atoms with E-state index in [4.69, 9.17) is 0 Å². The second-order valence-corrected chi connectivity index (χ2v) is 16.4. The molecule has 1 rings (SSSR count). The summed E-state index contributed by atoms with van der Waals surface area (Å²) in [6.07, 6.45) is 0. The molecule has 0 fully saturated rings. The van der Waals surface area contributed by atoms with Crippen molar-refractivity contribution in [2.24, 2.45) is 0 Å². The maximum Gasteiger partial charge on any atom is 0.147 e. The fourth-order valence-electron chi connectivity index (χ4n) is 1.96. The lowest BCUT2D eigenvalue weighted by Gasteiger charge is -2.38. The van der Waals surface area contributed by atoms with E-state index in [9.17, 15) is 0 Å². The van der Waals surface area contributed by atoms with Crippen molar-refractivity contribution in [3.05, 3.63) is 42.6 Å². The number of hydrogen-bond donors (Lipinski definition) is 0. The average Bonchev–Trinajstić information content (AvgIpc) is 2.29. The molecule has 0 unspecified atom stereocenters. The van der Waals surface area contributed by atoms with Gasteiger partial charge in [0.1, 0.15) is 8.24 Å². The summed E-state index contributed by atoms with van der Waals surface area (Å²) in [5.41, 5.74) is 3.59. The van der Waals surface area contributed by atoms with Crippen LogP contribution in [0.1, 0.15) is 0 Å². The van der Waals surface area contributed by atoms with E-state index >= 15 is 0 Å². The van der Waals surface area contributed by atoms with Crippen LogP contribution in [0, 0.1) is 0 Å². The van der Waals surface area contributed by atoms with Gasteiger partial charge in [-0.2, -0.15) is 0 Å². The van der Waals surface area contributed by atoms with Crippen LogP contribution >= 0.6 is 0 Å². The molecule has 0 heterocycles. The molecule has 0 N–H and O–H groups in total. The predicted molar refractivity (Wildman–Crippen MR) is 89.6 cm³/mol. The summed E-state index contributed by atoms with van der Waals surface area (Å²) in [6, 6.07) is 12.1. The molecule has 0 aliphatic carbocycles. The summed E-state index contributed by atoms with van der Waals surface area (Å²) in [4.78, 5) is 0. The van der Waals surface area contributed by atoms with Crippen LogP contribution in [0.3, 0.4) is 0 Å². The Bertz CT molecular complexity index is 379. The van der Waals surface area contributed by atoms with Gasteiger partial charge in [-0.05, 0) is 18.2 Å². The van der Waals surface area contributed by atoms with Gasteiger partial charge >= 0.3 is 0 Å². The Hall–Kier alpha value is -0.806. The maximum atomic E-state index is 4.00. The molecule has 1 aromatic rings. The van der Waals surface area contributed by atoms with Crippen molar-refractivity contribution >= 4 is 22.0 Å². The molecule has 0 saturated carbocycles. The van der Waals surface area contributed by atoms with Crippen molar-refractivity contribution < 1.29 is 0 Å². The third-order valence-corrected chi connectivity index (χ3v) is 8.13. The molecule has 18 heavy (non-hydrogen) atoms. The highest BCUT2D eigenvalue weighted by Crippen LogP contribution is 2.23. The van der Waals surface area contributed by atoms with Crippen molar-refractivity contribution in [3.8, 4) is 0 Å². The number of hydrogen-bond acceptors (Lipinski definition) is 1. The third-order valence-electron chi connectivity index (χ3n) is 3.41. The molecule has 1 nitrogen and oxygen atoms in total. The predicted octanol–water partition coefficient (Wildman–Crippen LogP) is 4.76. The molecule has 0 saturated heterocycles. The molecule has 0 atom stereocenters. The zero-order valence-corrected chi connectivity index (χ0v) is 14.5. The first-order valence-corrected chi connectivity index (χ1v) is 13.5. The Labute approximate surface area is 115 Å². The Morgan fingerprint density at radius 2 is 1.61 bits per heavy atom. The third kappa shape index (κ3) is 4.46. The minimum Gasteiger partial charge on any atom is -0.398 e. The van der Waals surface area contributed by atoms with Crippen molar-refractivity contribution in [1.29, 1.82) is 0 Å². The smallest absolute Gasteiger partial charge is 0.147 e. The molecule has 0 bridgehead atoms. The van der Waals surface area contributed by atoms with Crippen molar-refractivity contribution in [2.45, 2.75) is 38.8 Å². The average molecular weight is 278 g/mol. The van der Waals surface area contributed by atoms with E-state index in [0.29, 0.717) is 0 Å². The van der Waals surface area contributed by atoms with Gasteiger partial charge in [0.15, 0.2) is 0 Å². The minimum absolute atomic E-state index is 1.17. The quantitative estimate of drug-likeness (QED) is 0.678. The van der Waals surface area contributed by atoms with Crippen LogP contribution in [0.15, 0.2) is 42.6 Å². The van der Waals surface area contributed by atoms with Gasteiger partial charge in [0.05, 0.1) is 8.07 Å². The van der Waals surface area contributed by atoms with Crippen LogP contribution in [0.2, 0.25) is 38.8 Å². The summed E-state index contributed by atoms with van der Waals surface area (Å²) in [5.74, 6) is 0. The Morgan fingerprint density at radius 1 is 1.06 bits per heavy atom. The van der Waals surface area contributed by atoms with Gasteiger partial charge in [-0.3, -0.25) is 0 Å². The van der Waals surface area contributed by atoms with E-state index in [0.717, 1.165) is 0 Å². The van der Waals surface area contributed by atoms with E-state index in [2.05, 4.69) is 79.9 Å². The second kappa shape index (κ2) is 5.89. The van der Waals surface area contributed by atoms with Crippen LogP contribution in [0.5, 0.6) is 0 Å². The fourth-order valence-corrected chi connectivity index (χ4v) is 4.90. The summed E-state index contributed by atoms with van der Waals surface area (Å²) < 4.78 is 2.64. The topological polar surface area (TPSA) is 3.24 Å². The highest BCUT2D eigenvalue weighted by Gasteiger charge is 2.26. The van der Waals surface area contributed by atoms with E-state index in [-0.39, 0.29) is 0 Å². The molecular weight excluding hydrogens is 250 g/mol. The van der Waals surface area contributed by atoms with Crippen LogP contribution < -0.4 is 4.57 Å². The molecule has 1 aromatic carbocycles. The molecule has 3 heteroatoms. The summed E-state index contributed by atoms with van der Waals surface area (Å²) in [6.45, 7) is 17.2. The van der Waals surface area contributed by atoms with Gasteiger partial charge in [0.2, 0.25) is 0 Å². The first-order valence-electron chi connectivity index (χ1n) is 6.72. The van der Waals surface area contributed by atoms with E-state index in [1.165, 1.54) is 18.3 Å². The standard InChI is InChI=1S/C15H27NSi2/c1-7-18(5,6)14-13-16(17(2,3)4)15-11-9-8-10-12-15/h7-12H,1,13-14H2,2-6H3. The lowest BCUT2D eigenvalue weighted by Crippen LogP contribution is -2.48. The Balaban J connectivity index is 2.85. The first kappa shape index (κ1) is 15.3. The van der Waals surface area contributed by atoms with E-state index in [1.54, 1.807) is 0 Å². The highest BCUT2D eigenvalue weighted by atomic mass is 28.3. The molecule has 0 spiro atoms. The van der Waals surface area contributed by atoms with Gasteiger partial charge in [0.25, 0.3) is 0 Å². The van der Waals surface area contributed by atoms with Crippen molar-refractivity contribution in [2.75, 3.05) is 11.1 Å². The van der Waals surface area contributed by atoms with Gasteiger partial charge in [-0.15, -0.1) is 12.3 Å². The Morgan fingerprint density at radius 3 is 2.06 bits per heavy atom. The monoisotopic (exact) mass is 277 g/mol. The number of para-hydroxylation sites is 1. The number of benzene rings is 1. The molecule has 0 aliphatic rings. The molecule has 0 amide bonds. The summed E-state index contributed by atoms with van der Waals surface area (Å²) >= 11 is 0. The molecule has 100 valence electrons. The van der Waals surface area contributed by atoms with Crippen molar-refractivity contribution in [3.63, 3.8) is 0 Å².